The summed E-state index contributed by atoms with van der Waals surface area (Å²) < 4.78 is 56.5. The predicted molar refractivity (Wildman–Crippen MR) is 98.0 cm³/mol. The Balaban J connectivity index is 1.59. The predicted octanol–water partition coefficient (Wildman–Crippen LogP) is 4.28. The van der Waals surface area contributed by atoms with Gasteiger partial charge in [0.25, 0.3) is 5.91 Å². The molecular weight excluding hydrogens is 390 g/mol. The van der Waals surface area contributed by atoms with Crippen molar-refractivity contribution in [3.05, 3.63) is 65.5 Å². The Hall–Kier alpha value is -2.61. The molecule has 2 aromatic rings. The first-order valence-electron chi connectivity index (χ1n) is 9.24. The van der Waals surface area contributed by atoms with Gasteiger partial charge in [-0.25, -0.2) is 4.39 Å². The van der Waals surface area contributed by atoms with Crippen LogP contribution >= 0.6 is 0 Å². The van der Waals surface area contributed by atoms with Crippen LogP contribution < -0.4 is 4.74 Å². The highest BCUT2D eigenvalue weighted by Crippen LogP contribution is 2.30. The Morgan fingerprint density at radius 3 is 2.31 bits per heavy atom. The molecule has 3 rings (SSSR count). The number of ether oxygens (including phenoxy) is 1. The first-order valence-corrected chi connectivity index (χ1v) is 9.24. The molecule has 0 aromatic heterocycles. The zero-order valence-corrected chi connectivity index (χ0v) is 15.6. The fourth-order valence-electron chi connectivity index (χ4n) is 3.26. The molecule has 1 fully saturated rings. The van der Waals surface area contributed by atoms with Crippen molar-refractivity contribution in [2.45, 2.75) is 31.0 Å². The number of aliphatic hydroxyl groups is 1. The highest BCUT2D eigenvalue weighted by Gasteiger charge is 2.33. The summed E-state index contributed by atoms with van der Waals surface area (Å²) in [6, 6.07) is 9.56. The van der Waals surface area contributed by atoms with E-state index in [1.54, 1.807) is 0 Å². The zero-order chi connectivity index (χ0) is 21.1. The van der Waals surface area contributed by atoms with E-state index in [2.05, 4.69) is 0 Å². The molecule has 1 atom stereocenters. The third-order valence-electron chi connectivity index (χ3n) is 4.98. The molecule has 1 saturated heterocycles. The topological polar surface area (TPSA) is 49.8 Å². The van der Waals surface area contributed by atoms with Gasteiger partial charge in [-0.1, -0.05) is 0 Å². The molecule has 1 aliphatic heterocycles. The van der Waals surface area contributed by atoms with Gasteiger partial charge in [0.1, 0.15) is 23.8 Å². The van der Waals surface area contributed by atoms with E-state index in [-0.39, 0.29) is 36.9 Å². The minimum atomic E-state index is -4.45. The highest BCUT2D eigenvalue weighted by molar-refractivity contribution is 5.94. The summed E-state index contributed by atoms with van der Waals surface area (Å²) in [6.45, 7) is 0.642. The van der Waals surface area contributed by atoms with Crippen molar-refractivity contribution >= 4 is 5.91 Å². The number of carbonyl (C=O) groups excluding carboxylic acids is 1. The molecule has 2 aromatic carbocycles. The SMILES string of the molecule is O=C(c1ccc(C(F)(F)F)cc1)N1CCCC(O)(COc2ccc(F)cc2)CC1. The zero-order valence-electron chi connectivity index (χ0n) is 15.6. The third-order valence-corrected chi connectivity index (χ3v) is 4.98. The average Bonchev–Trinajstić information content (AvgIpc) is 2.89. The number of amides is 1. The summed E-state index contributed by atoms with van der Waals surface area (Å²) in [4.78, 5) is 14.2. The van der Waals surface area contributed by atoms with Gasteiger partial charge >= 0.3 is 6.18 Å². The average molecular weight is 411 g/mol. The summed E-state index contributed by atoms with van der Waals surface area (Å²) >= 11 is 0. The number of rotatable bonds is 4. The molecular formula is C21H21F4NO3. The summed E-state index contributed by atoms with van der Waals surface area (Å²) in [5.41, 5.74) is -1.79. The Kier molecular flexibility index (Phi) is 6.12. The Bertz CT molecular complexity index is 836. The molecule has 0 saturated carbocycles. The van der Waals surface area contributed by atoms with Gasteiger partial charge in [0.05, 0.1) is 5.56 Å². The van der Waals surface area contributed by atoms with Crippen LogP contribution in [-0.2, 0) is 6.18 Å². The maximum atomic E-state index is 13.0. The minimum absolute atomic E-state index is 0.000935. The number of halogens is 4. The van der Waals surface area contributed by atoms with Crippen LogP contribution in [0.15, 0.2) is 48.5 Å². The molecule has 156 valence electrons. The van der Waals surface area contributed by atoms with Crippen LogP contribution in [0.1, 0.15) is 35.2 Å². The minimum Gasteiger partial charge on any atom is -0.491 e. The highest BCUT2D eigenvalue weighted by atomic mass is 19.4. The van der Waals surface area contributed by atoms with Crippen molar-refractivity contribution in [1.29, 1.82) is 0 Å². The second-order valence-corrected chi connectivity index (χ2v) is 7.19. The molecule has 8 heteroatoms. The van der Waals surface area contributed by atoms with Crippen molar-refractivity contribution in [1.82, 2.24) is 4.90 Å². The van der Waals surface area contributed by atoms with Crippen LogP contribution in [0.3, 0.4) is 0 Å². The van der Waals surface area contributed by atoms with Crippen molar-refractivity contribution in [3.63, 3.8) is 0 Å². The van der Waals surface area contributed by atoms with E-state index in [9.17, 15) is 27.5 Å². The van der Waals surface area contributed by atoms with Gasteiger partial charge in [-0.2, -0.15) is 13.2 Å². The fraction of sp³-hybridized carbons (Fsp3) is 0.381. The second-order valence-electron chi connectivity index (χ2n) is 7.19. The molecule has 29 heavy (non-hydrogen) atoms. The van der Waals surface area contributed by atoms with E-state index in [0.717, 1.165) is 12.1 Å². The first kappa shape index (κ1) is 21.1. The molecule has 1 unspecified atom stereocenters. The maximum absolute atomic E-state index is 13.0. The lowest BCUT2D eigenvalue weighted by molar-refractivity contribution is -0.137. The quantitative estimate of drug-likeness (QED) is 0.764. The smallest absolute Gasteiger partial charge is 0.416 e. The summed E-state index contributed by atoms with van der Waals surface area (Å²) in [6.07, 6.45) is -3.26. The Morgan fingerprint density at radius 2 is 1.69 bits per heavy atom. The number of benzene rings is 2. The van der Waals surface area contributed by atoms with E-state index in [4.69, 9.17) is 4.74 Å². The number of carbonyl (C=O) groups is 1. The van der Waals surface area contributed by atoms with Crippen LogP contribution in [0.5, 0.6) is 5.75 Å². The van der Waals surface area contributed by atoms with E-state index in [0.29, 0.717) is 25.1 Å². The molecule has 0 radical (unpaired) electrons. The monoisotopic (exact) mass is 411 g/mol. The first-order chi connectivity index (χ1) is 13.7. The number of hydrogen-bond donors (Lipinski definition) is 1. The Labute approximate surface area is 165 Å². The van der Waals surface area contributed by atoms with E-state index in [1.807, 2.05) is 0 Å². The van der Waals surface area contributed by atoms with E-state index < -0.39 is 17.3 Å². The van der Waals surface area contributed by atoms with Crippen LogP contribution in [0.2, 0.25) is 0 Å². The lowest BCUT2D eigenvalue weighted by Gasteiger charge is -2.27. The van der Waals surface area contributed by atoms with Gasteiger partial charge in [-0.15, -0.1) is 0 Å². The van der Waals surface area contributed by atoms with Crippen LogP contribution in [0.4, 0.5) is 17.6 Å². The largest absolute Gasteiger partial charge is 0.491 e. The van der Waals surface area contributed by atoms with E-state index >= 15 is 0 Å². The number of nitrogens with zero attached hydrogens (tertiary/aromatic N) is 1. The van der Waals surface area contributed by atoms with Gasteiger partial charge in [-0.05, 0) is 67.8 Å². The molecule has 0 bridgehead atoms. The van der Waals surface area contributed by atoms with Crippen LogP contribution in [0.25, 0.3) is 0 Å². The number of hydrogen-bond acceptors (Lipinski definition) is 3. The van der Waals surface area contributed by atoms with Gasteiger partial charge in [-0.3, -0.25) is 4.79 Å². The van der Waals surface area contributed by atoms with Gasteiger partial charge in [0.2, 0.25) is 0 Å². The number of likely N-dealkylation sites (tertiary alicyclic amines) is 1. The second kappa shape index (κ2) is 8.41. The van der Waals surface area contributed by atoms with Gasteiger partial charge < -0.3 is 14.7 Å². The molecule has 1 amide bonds. The molecule has 1 aliphatic rings. The lowest BCUT2D eigenvalue weighted by Crippen LogP contribution is -2.38. The molecule has 1 N–H and O–H groups in total. The molecule has 1 heterocycles. The van der Waals surface area contributed by atoms with Gasteiger partial charge in [0.15, 0.2) is 0 Å². The standard InChI is InChI=1S/C21H21F4NO3/c22-17-6-8-18(9-7-17)29-14-20(28)10-1-12-26(13-11-20)19(27)15-2-4-16(5-3-15)21(23,24)25/h2-9,28H,1,10-14H2. The van der Waals surface area contributed by atoms with Gasteiger partial charge in [0, 0.05) is 18.7 Å². The van der Waals surface area contributed by atoms with Crippen LogP contribution in [0, 0.1) is 5.82 Å². The summed E-state index contributed by atoms with van der Waals surface area (Å²) in [5.74, 6) is -0.327. The van der Waals surface area contributed by atoms with Crippen molar-refractivity contribution in [2.24, 2.45) is 0 Å². The molecule has 0 spiro atoms. The lowest BCUT2D eigenvalue weighted by atomic mass is 9.96. The maximum Gasteiger partial charge on any atom is 0.416 e. The summed E-state index contributed by atoms with van der Waals surface area (Å²) in [7, 11) is 0. The number of alkyl halides is 3. The van der Waals surface area contributed by atoms with Crippen molar-refractivity contribution in [2.75, 3.05) is 19.7 Å². The molecule has 0 aliphatic carbocycles. The summed E-state index contributed by atoms with van der Waals surface area (Å²) in [5, 5.41) is 10.8. The molecule has 4 nitrogen and oxygen atoms in total. The van der Waals surface area contributed by atoms with Crippen molar-refractivity contribution < 1.29 is 32.2 Å². The Morgan fingerprint density at radius 1 is 1.03 bits per heavy atom. The van der Waals surface area contributed by atoms with E-state index in [1.165, 1.54) is 41.3 Å². The third kappa shape index (κ3) is 5.47. The van der Waals surface area contributed by atoms with Crippen molar-refractivity contribution in [3.8, 4) is 5.75 Å². The van der Waals surface area contributed by atoms with Crippen LogP contribution in [-0.4, -0.2) is 41.2 Å². The fourth-order valence-corrected chi connectivity index (χ4v) is 3.26. The normalized spacial score (nSPS) is 20.2.